The third kappa shape index (κ3) is 3.65. The third-order valence-corrected chi connectivity index (χ3v) is 5.24. The molecule has 0 bridgehead atoms. The molecule has 1 N–H and O–H groups in total. The largest absolute Gasteiger partial charge is 0.350 e. The minimum atomic E-state index is -0.128. The SMILES string of the molecule is CCn1c(SCC(=O)NCc2cccs2)nc2ncccc2c1=O. The van der Waals surface area contributed by atoms with E-state index in [-0.39, 0.29) is 17.2 Å². The van der Waals surface area contributed by atoms with Crippen LogP contribution in [-0.2, 0) is 17.9 Å². The maximum Gasteiger partial charge on any atom is 0.263 e. The number of pyridine rings is 1. The number of nitrogens with one attached hydrogen (secondary N) is 1. The van der Waals surface area contributed by atoms with Gasteiger partial charge in [0.2, 0.25) is 5.91 Å². The number of nitrogens with zero attached hydrogens (tertiary/aromatic N) is 3. The molecule has 24 heavy (non-hydrogen) atoms. The van der Waals surface area contributed by atoms with Crippen molar-refractivity contribution in [1.82, 2.24) is 19.9 Å². The molecule has 0 aromatic carbocycles. The Morgan fingerprint density at radius 1 is 1.38 bits per heavy atom. The highest BCUT2D eigenvalue weighted by molar-refractivity contribution is 7.99. The first-order chi connectivity index (χ1) is 11.7. The Hall–Kier alpha value is -2.19. The molecule has 6 nitrogen and oxygen atoms in total. The number of carbonyl (C=O) groups is 1. The number of amides is 1. The van der Waals surface area contributed by atoms with Gasteiger partial charge in [0, 0.05) is 17.6 Å². The van der Waals surface area contributed by atoms with E-state index >= 15 is 0 Å². The van der Waals surface area contributed by atoms with Gasteiger partial charge in [0.15, 0.2) is 10.8 Å². The lowest BCUT2D eigenvalue weighted by Gasteiger charge is -2.10. The van der Waals surface area contributed by atoms with Gasteiger partial charge in [0.1, 0.15) is 0 Å². The van der Waals surface area contributed by atoms with Crippen molar-refractivity contribution in [2.75, 3.05) is 5.75 Å². The van der Waals surface area contributed by atoms with Crippen LogP contribution in [0.1, 0.15) is 11.8 Å². The van der Waals surface area contributed by atoms with E-state index < -0.39 is 0 Å². The van der Waals surface area contributed by atoms with Crippen LogP contribution in [0, 0.1) is 0 Å². The van der Waals surface area contributed by atoms with Gasteiger partial charge in [-0.2, -0.15) is 0 Å². The Kier molecular flexibility index (Phi) is 5.27. The van der Waals surface area contributed by atoms with E-state index in [1.165, 1.54) is 11.8 Å². The molecule has 0 aliphatic rings. The van der Waals surface area contributed by atoms with Crippen LogP contribution in [0.5, 0.6) is 0 Å². The Morgan fingerprint density at radius 3 is 3.00 bits per heavy atom. The van der Waals surface area contributed by atoms with Crippen molar-refractivity contribution in [3.05, 3.63) is 51.1 Å². The zero-order valence-corrected chi connectivity index (χ0v) is 14.7. The molecular weight excluding hydrogens is 344 g/mol. The summed E-state index contributed by atoms with van der Waals surface area (Å²) in [6, 6.07) is 7.36. The van der Waals surface area contributed by atoms with E-state index in [9.17, 15) is 9.59 Å². The quantitative estimate of drug-likeness (QED) is 0.539. The van der Waals surface area contributed by atoms with Crippen molar-refractivity contribution in [1.29, 1.82) is 0 Å². The lowest BCUT2D eigenvalue weighted by molar-refractivity contribution is -0.118. The second kappa shape index (κ2) is 7.59. The number of aromatic nitrogens is 3. The fraction of sp³-hybridized carbons (Fsp3) is 0.250. The molecule has 0 spiro atoms. The van der Waals surface area contributed by atoms with E-state index in [0.29, 0.717) is 29.3 Å². The molecule has 124 valence electrons. The summed E-state index contributed by atoms with van der Waals surface area (Å²) in [5.41, 5.74) is 0.283. The predicted octanol–water partition coefficient (Wildman–Crippen LogP) is 2.28. The van der Waals surface area contributed by atoms with Gasteiger partial charge in [-0.05, 0) is 30.5 Å². The fourth-order valence-electron chi connectivity index (χ4n) is 2.21. The molecule has 3 rings (SSSR count). The van der Waals surface area contributed by atoms with E-state index in [1.54, 1.807) is 34.2 Å². The van der Waals surface area contributed by atoms with E-state index in [0.717, 1.165) is 4.88 Å². The van der Waals surface area contributed by atoms with Crippen LogP contribution in [0.3, 0.4) is 0 Å². The van der Waals surface area contributed by atoms with Gasteiger partial charge in [-0.1, -0.05) is 17.8 Å². The topological polar surface area (TPSA) is 76.9 Å². The molecule has 0 atom stereocenters. The summed E-state index contributed by atoms with van der Waals surface area (Å²) >= 11 is 2.85. The highest BCUT2D eigenvalue weighted by atomic mass is 32.2. The number of rotatable bonds is 6. The molecule has 1 amide bonds. The molecule has 0 saturated heterocycles. The monoisotopic (exact) mass is 360 g/mol. The molecule has 0 aliphatic heterocycles. The molecule has 0 unspecified atom stereocenters. The van der Waals surface area contributed by atoms with Crippen LogP contribution in [0.4, 0.5) is 0 Å². The molecule has 0 fully saturated rings. The summed E-state index contributed by atoms with van der Waals surface area (Å²) in [5, 5.41) is 5.84. The summed E-state index contributed by atoms with van der Waals surface area (Å²) < 4.78 is 1.57. The summed E-state index contributed by atoms with van der Waals surface area (Å²) in [7, 11) is 0. The summed E-state index contributed by atoms with van der Waals surface area (Å²) in [6.45, 7) is 2.90. The predicted molar refractivity (Wildman–Crippen MR) is 96.4 cm³/mol. The molecule has 0 saturated carbocycles. The average molecular weight is 360 g/mol. The van der Waals surface area contributed by atoms with Crippen molar-refractivity contribution in [2.45, 2.75) is 25.2 Å². The van der Waals surface area contributed by atoms with E-state index in [1.807, 2.05) is 24.4 Å². The zero-order valence-electron chi connectivity index (χ0n) is 13.1. The molecular formula is C16H16N4O2S2. The van der Waals surface area contributed by atoms with Crippen molar-refractivity contribution in [3.63, 3.8) is 0 Å². The summed E-state index contributed by atoms with van der Waals surface area (Å²) in [6.07, 6.45) is 1.60. The standard InChI is InChI=1S/C16H16N4O2S2/c1-2-20-15(22)12-6-3-7-17-14(12)19-16(20)24-10-13(21)18-9-11-5-4-8-23-11/h3-8H,2,9-10H2,1H3,(H,18,21). The van der Waals surface area contributed by atoms with Gasteiger partial charge >= 0.3 is 0 Å². The number of fused-ring (bicyclic) bond motifs is 1. The smallest absolute Gasteiger partial charge is 0.263 e. The molecule has 3 heterocycles. The molecule has 3 aromatic rings. The second-order valence-electron chi connectivity index (χ2n) is 4.96. The first kappa shape index (κ1) is 16.7. The third-order valence-electron chi connectivity index (χ3n) is 3.38. The Balaban J connectivity index is 1.72. The Bertz CT molecular complexity index is 906. The first-order valence-corrected chi connectivity index (χ1v) is 9.33. The van der Waals surface area contributed by atoms with Crippen molar-refractivity contribution >= 4 is 40.0 Å². The number of carbonyl (C=O) groups excluding carboxylic acids is 1. The van der Waals surface area contributed by atoms with Crippen LogP contribution >= 0.6 is 23.1 Å². The van der Waals surface area contributed by atoms with Gasteiger partial charge < -0.3 is 5.32 Å². The molecule has 8 heteroatoms. The second-order valence-corrected chi connectivity index (χ2v) is 6.94. The number of hydrogen-bond acceptors (Lipinski definition) is 6. The van der Waals surface area contributed by atoms with Crippen LogP contribution in [0.2, 0.25) is 0 Å². The molecule has 0 radical (unpaired) electrons. The normalized spacial score (nSPS) is 10.9. The van der Waals surface area contributed by atoms with Crippen molar-refractivity contribution in [2.24, 2.45) is 0 Å². The van der Waals surface area contributed by atoms with Gasteiger partial charge in [-0.3, -0.25) is 14.2 Å². The summed E-state index contributed by atoms with van der Waals surface area (Å²) in [4.78, 5) is 34.1. The first-order valence-electron chi connectivity index (χ1n) is 7.46. The maximum atomic E-state index is 12.5. The van der Waals surface area contributed by atoms with Crippen LogP contribution in [0.15, 0.2) is 45.8 Å². The van der Waals surface area contributed by atoms with Crippen LogP contribution in [-0.4, -0.2) is 26.2 Å². The lowest BCUT2D eigenvalue weighted by Crippen LogP contribution is -2.26. The Morgan fingerprint density at radius 2 is 2.25 bits per heavy atom. The van der Waals surface area contributed by atoms with Gasteiger partial charge in [0.25, 0.3) is 5.56 Å². The van der Waals surface area contributed by atoms with Gasteiger partial charge in [0.05, 0.1) is 17.7 Å². The maximum absolute atomic E-state index is 12.5. The minimum Gasteiger partial charge on any atom is -0.350 e. The van der Waals surface area contributed by atoms with Crippen molar-refractivity contribution < 1.29 is 4.79 Å². The highest BCUT2D eigenvalue weighted by Crippen LogP contribution is 2.16. The lowest BCUT2D eigenvalue weighted by atomic mass is 10.3. The van der Waals surface area contributed by atoms with Crippen LogP contribution in [0.25, 0.3) is 11.0 Å². The average Bonchev–Trinajstić information content (AvgIpc) is 3.12. The summed E-state index contributed by atoms with van der Waals surface area (Å²) in [5.74, 6) is 0.113. The van der Waals surface area contributed by atoms with Gasteiger partial charge in [-0.15, -0.1) is 11.3 Å². The fourth-order valence-corrected chi connectivity index (χ4v) is 3.73. The van der Waals surface area contributed by atoms with Crippen LogP contribution < -0.4 is 10.9 Å². The molecule has 0 aliphatic carbocycles. The molecule has 3 aromatic heterocycles. The van der Waals surface area contributed by atoms with Crippen molar-refractivity contribution in [3.8, 4) is 0 Å². The minimum absolute atomic E-state index is 0.0913. The van der Waals surface area contributed by atoms with E-state index in [2.05, 4.69) is 15.3 Å². The van der Waals surface area contributed by atoms with Gasteiger partial charge in [-0.25, -0.2) is 9.97 Å². The number of thiophene rings is 1. The highest BCUT2D eigenvalue weighted by Gasteiger charge is 2.12. The van der Waals surface area contributed by atoms with E-state index in [4.69, 9.17) is 0 Å². The number of hydrogen-bond donors (Lipinski definition) is 1. The zero-order chi connectivity index (χ0) is 16.9. The Labute approximate surface area is 147 Å². The number of thioether (sulfide) groups is 1.